The van der Waals surface area contributed by atoms with E-state index in [9.17, 15) is 19.8 Å². The second-order valence-electron chi connectivity index (χ2n) is 24.6. The van der Waals surface area contributed by atoms with E-state index in [-0.39, 0.29) is 18.5 Å². The summed E-state index contributed by atoms with van der Waals surface area (Å²) in [4.78, 5) is 24.6. The average Bonchev–Trinajstić information content (AvgIpc) is 3.45. The number of hydrogen-bond donors (Lipinski definition) is 3. The molecule has 6 nitrogen and oxygen atoms in total. The van der Waals surface area contributed by atoms with Crippen LogP contribution < -0.4 is 5.32 Å². The van der Waals surface area contributed by atoms with Crippen LogP contribution in [0.5, 0.6) is 0 Å². The first kappa shape index (κ1) is 77.1. The standard InChI is InChI=1S/C73H139NO5/c1-3-5-7-9-11-13-15-17-19-21-23-30-33-37-41-45-49-53-57-61-65-71(76)70(69-75)74-72(77)66-62-58-54-50-46-42-38-34-31-28-26-24-25-27-29-32-36-40-44-48-52-56-60-64-68-79-73(78)67-63-59-55-51-47-43-39-35-22-20-18-16-14-12-10-8-6-4-2/h14,16,20,22,26,28,70-71,75-76H,3-13,15,17-19,21,23-25,27,29-69H2,1-2H3,(H,74,77)/b16-14-,22-20-,28-26-. The van der Waals surface area contributed by atoms with Crippen LogP contribution in [0.25, 0.3) is 0 Å². The predicted molar refractivity (Wildman–Crippen MR) is 347 cm³/mol. The number of hydrogen-bond acceptors (Lipinski definition) is 5. The summed E-state index contributed by atoms with van der Waals surface area (Å²) in [5, 5.41) is 23.4. The van der Waals surface area contributed by atoms with Crippen LogP contribution in [0, 0.1) is 0 Å². The van der Waals surface area contributed by atoms with Crippen molar-refractivity contribution in [1.82, 2.24) is 5.32 Å². The number of amides is 1. The molecule has 79 heavy (non-hydrogen) atoms. The Morgan fingerprint density at radius 1 is 0.354 bits per heavy atom. The van der Waals surface area contributed by atoms with E-state index in [4.69, 9.17) is 4.74 Å². The van der Waals surface area contributed by atoms with E-state index in [1.54, 1.807) is 0 Å². The highest BCUT2D eigenvalue weighted by Crippen LogP contribution is 2.19. The molecule has 0 radical (unpaired) electrons. The molecule has 0 aliphatic carbocycles. The Bertz CT molecular complexity index is 1280. The molecule has 0 rings (SSSR count). The molecule has 2 unspecified atom stereocenters. The van der Waals surface area contributed by atoms with Gasteiger partial charge in [0.2, 0.25) is 5.91 Å². The highest BCUT2D eigenvalue weighted by atomic mass is 16.5. The van der Waals surface area contributed by atoms with E-state index in [0.29, 0.717) is 25.9 Å². The molecule has 0 spiro atoms. The average molecular weight is 1110 g/mol. The van der Waals surface area contributed by atoms with E-state index < -0.39 is 12.1 Å². The van der Waals surface area contributed by atoms with E-state index in [0.717, 1.165) is 51.4 Å². The molecule has 0 aromatic heterocycles. The Morgan fingerprint density at radius 2 is 0.633 bits per heavy atom. The minimum absolute atomic E-state index is 0.00585. The number of carbonyl (C=O) groups is 2. The summed E-state index contributed by atoms with van der Waals surface area (Å²) in [6.07, 6.45) is 87.6. The molecule has 0 aliphatic rings. The maximum absolute atomic E-state index is 12.5. The number of nitrogens with one attached hydrogen (secondary N) is 1. The lowest BCUT2D eigenvalue weighted by Crippen LogP contribution is -2.45. The summed E-state index contributed by atoms with van der Waals surface area (Å²) < 4.78 is 5.50. The summed E-state index contributed by atoms with van der Waals surface area (Å²) >= 11 is 0. The van der Waals surface area contributed by atoms with Crippen molar-refractivity contribution >= 4 is 11.9 Å². The molecule has 0 aromatic rings. The van der Waals surface area contributed by atoms with Crippen LogP contribution in [0.2, 0.25) is 0 Å². The SMILES string of the molecule is CCCCCC/C=C\C/C=C\CCCCCCCCCC(=O)OCCCCCCCCCCCCCC/C=C\CCCCCCCCCCC(=O)NC(CO)C(O)CCCCCCCCCCCCCCCCCCCCCC. The molecule has 6 heteroatoms. The van der Waals surface area contributed by atoms with Crippen LogP contribution in [0.3, 0.4) is 0 Å². The first-order valence-corrected chi connectivity index (χ1v) is 35.7. The van der Waals surface area contributed by atoms with Crippen molar-refractivity contribution < 1.29 is 24.5 Å². The van der Waals surface area contributed by atoms with Gasteiger partial charge in [-0.15, -0.1) is 0 Å². The minimum atomic E-state index is -0.669. The lowest BCUT2D eigenvalue weighted by Gasteiger charge is -2.22. The molecule has 1 amide bonds. The number of aliphatic hydroxyl groups is 2. The van der Waals surface area contributed by atoms with Gasteiger partial charge in [0.05, 0.1) is 25.4 Å². The number of ether oxygens (including phenoxy) is 1. The smallest absolute Gasteiger partial charge is 0.305 e. The molecular formula is C73H139NO5. The van der Waals surface area contributed by atoms with Crippen LogP contribution in [-0.2, 0) is 14.3 Å². The quantitative estimate of drug-likeness (QED) is 0.0320. The van der Waals surface area contributed by atoms with Gasteiger partial charge >= 0.3 is 5.97 Å². The largest absolute Gasteiger partial charge is 0.466 e. The number of rotatable bonds is 67. The minimum Gasteiger partial charge on any atom is -0.466 e. The zero-order valence-corrected chi connectivity index (χ0v) is 53.4. The van der Waals surface area contributed by atoms with Crippen molar-refractivity contribution in [2.75, 3.05) is 13.2 Å². The lowest BCUT2D eigenvalue weighted by molar-refractivity contribution is -0.143. The van der Waals surface area contributed by atoms with Crippen molar-refractivity contribution in [3.8, 4) is 0 Å². The summed E-state index contributed by atoms with van der Waals surface area (Å²) in [5.74, 6) is -0.0301. The predicted octanol–water partition coefficient (Wildman–Crippen LogP) is 23.1. The first-order valence-electron chi connectivity index (χ1n) is 35.7. The van der Waals surface area contributed by atoms with Gasteiger partial charge in [-0.3, -0.25) is 9.59 Å². The fraction of sp³-hybridized carbons (Fsp3) is 0.890. The number of carbonyl (C=O) groups excluding carboxylic acids is 2. The van der Waals surface area contributed by atoms with Gasteiger partial charge in [0.25, 0.3) is 0 Å². The molecule has 466 valence electrons. The van der Waals surface area contributed by atoms with Crippen molar-refractivity contribution in [1.29, 1.82) is 0 Å². The van der Waals surface area contributed by atoms with Gasteiger partial charge in [-0.05, 0) is 83.5 Å². The van der Waals surface area contributed by atoms with Crippen LogP contribution in [0.1, 0.15) is 393 Å². The van der Waals surface area contributed by atoms with Crippen LogP contribution in [0.4, 0.5) is 0 Å². The Hall–Kier alpha value is -1.92. The molecule has 0 aliphatic heterocycles. The van der Waals surface area contributed by atoms with Gasteiger partial charge in [0.1, 0.15) is 0 Å². The summed E-state index contributed by atoms with van der Waals surface area (Å²) in [5.41, 5.74) is 0. The molecule has 2 atom stereocenters. The van der Waals surface area contributed by atoms with Gasteiger partial charge in [-0.25, -0.2) is 0 Å². The summed E-state index contributed by atoms with van der Waals surface area (Å²) in [6.45, 7) is 4.96. The normalized spacial score (nSPS) is 12.7. The van der Waals surface area contributed by atoms with E-state index >= 15 is 0 Å². The summed E-state index contributed by atoms with van der Waals surface area (Å²) in [7, 11) is 0. The van der Waals surface area contributed by atoms with E-state index in [1.807, 2.05) is 0 Å². The third-order valence-corrected chi connectivity index (χ3v) is 16.7. The molecule has 0 saturated heterocycles. The van der Waals surface area contributed by atoms with Gasteiger partial charge in [0, 0.05) is 12.8 Å². The molecule has 0 fully saturated rings. The van der Waals surface area contributed by atoms with Gasteiger partial charge in [-0.2, -0.15) is 0 Å². The maximum Gasteiger partial charge on any atom is 0.305 e. The Balaban J connectivity index is 3.40. The second-order valence-corrected chi connectivity index (χ2v) is 24.6. The fourth-order valence-electron chi connectivity index (χ4n) is 11.2. The summed E-state index contributed by atoms with van der Waals surface area (Å²) in [6, 6.07) is -0.546. The van der Waals surface area contributed by atoms with Crippen molar-refractivity contribution in [3.63, 3.8) is 0 Å². The number of esters is 1. The Kier molecular flexibility index (Phi) is 66.9. The lowest BCUT2D eigenvalue weighted by atomic mass is 10.0. The second kappa shape index (κ2) is 68.6. The van der Waals surface area contributed by atoms with E-state index in [1.165, 1.54) is 308 Å². The van der Waals surface area contributed by atoms with Gasteiger partial charge in [0.15, 0.2) is 0 Å². The van der Waals surface area contributed by atoms with Crippen molar-refractivity contribution in [3.05, 3.63) is 36.5 Å². The Morgan fingerprint density at radius 3 is 0.987 bits per heavy atom. The molecule has 3 N–H and O–H groups in total. The molecule has 0 bridgehead atoms. The maximum atomic E-state index is 12.5. The highest BCUT2D eigenvalue weighted by Gasteiger charge is 2.20. The van der Waals surface area contributed by atoms with Crippen molar-refractivity contribution in [2.24, 2.45) is 0 Å². The number of unbranched alkanes of at least 4 members (excludes halogenated alkanes) is 50. The third-order valence-electron chi connectivity index (χ3n) is 16.7. The van der Waals surface area contributed by atoms with Crippen LogP contribution >= 0.6 is 0 Å². The number of aliphatic hydroxyl groups excluding tert-OH is 2. The third kappa shape index (κ3) is 65.1. The fourth-order valence-corrected chi connectivity index (χ4v) is 11.2. The van der Waals surface area contributed by atoms with Crippen LogP contribution in [0.15, 0.2) is 36.5 Å². The highest BCUT2D eigenvalue weighted by molar-refractivity contribution is 5.76. The topological polar surface area (TPSA) is 95.9 Å². The molecule has 0 aromatic carbocycles. The van der Waals surface area contributed by atoms with Gasteiger partial charge < -0.3 is 20.3 Å². The molecule has 0 heterocycles. The zero-order chi connectivity index (χ0) is 57.1. The first-order chi connectivity index (χ1) is 39.0. The van der Waals surface area contributed by atoms with Gasteiger partial charge in [-0.1, -0.05) is 333 Å². The number of allylic oxidation sites excluding steroid dienone is 6. The van der Waals surface area contributed by atoms with Crippen LogP contribution in [-0.4, -0.2) is 47.4 Å². The monoisotopic (exact) mass is 1110 g/mol. The Labute approximate surface area is 494 Å². The molecule has 0 saturated carbocycles. The van der Waals surface area contributed by atoms with E-state index in [2.05, 4.69) is 55.6 Å². The molecular weight excluding hydrogens is 971 g/mol. The zero-order valence-electron chi connectivity index (χ0n) is 53.4. The van der Waals surface area contributed by atoms with Crippen molar-refractivity contribution in [2.45, 2.75) is 405 Å².